The van der Waals surface area contributed by atoms with Gasteiger partial charge in [0.25, 0.3) is 5.89 Å². The Balaban J connectivity index is 1.40. The maximum atomic E-state index is 6.04. The molecule has 3 aromatic heterocycles. The van der Waals surface area contributed by atoms with Gasteiger partial charge in [0.05, 0.1) is 12.1 Å². The number of anilines is 1. The Labute approximate surface area is 165 Å². The third-order valence-corrected chi connectivity index (χ3v) is 4.75. The highest BCUT2D eigenvalue weighted by Gasteiger charge is 2.25. The molecule has 4 heterocycles. The maximum absolute atomic E-state index is 6.04. The van der Waals surface area contributed by atoms with E-state index in [4.69, 9.17) is 16.1 Å². The summed E-state index contributed by atoms with van der Waals surface area (Å²) in [6.07, 6.45) is 5.93. The second kappa shape index (κ2) is 7.01. The van der Waals surface area contributed by atoms with E-state index in [0.29, 0.717) is 23.3 Å². The zero-order valence-electron chi connectivity index (χ0n) is 14.7. The number of rotatable bonds is 4. The first-order valence-electron chi connectivity index (χ1n) is 8.80. The van der Waals surface area contributed by atoms with Crippen molar-refractivity contribution in [3.05, 3.63) is 53.8 Å². The molecule has 0 saturated carbocycles. The largest absolute Gasteiger partial charge is 0.334 e. The van der Waals surface area contributed by atoms with Gasteiger partial charge in [0.15, 0.2) is 11.6 Å². The fraction of sp³-hybridized carbons (Fsp3) is 0.222. The van der Waals surface area contributed by atoms with Crippen LogP contribution in [-0.2, 0) is 13.1 Å². The predicted molar refractivity (Wildman–Crippen MR) is 101 cm³/mol. The second-order valence-corrected chi connectivity index (χ2v) is 6.84. The van der Waals surface area contributed by atoms with E-state index in [1.807, 2.05) is 12.1 Å². The monoisotopic (exact) mass is 394 g/mol. The van der Waals surface area contributed by atoms with Crippen LogP contribution < -0.4 is 4.90 Å². The van der Waals surface area contributed by atoms with Crippen molar-refractivity contribution < 1.29 is 4.52 Å². The summed E-state index contributed by atoms with van der Waals surface area (Å²) < 4.78 is 7.47. The summed E-state index contributed by atoms with van der Waals surface area (Å²) >= 11 is 6.04. The van der Waals surface area contributed by atoms with Crippen molar-refractivity contribution in [2.45, 2.75) is 19.5 Å². The van der Waals surface area contributed by atoms with Crippen molar-refractivity contribution in [1.82, 2.24) is 34.9 Å². The summed E-state index contributed by atoms with van der Waals surface area (Å²) in [5, 5.41) is 13.4. The lowest BCUT2D eigenvalue weighted by Gasteiger charge is -2.27. The Bertz CT molecular complexity index is 1110. The van der Waals surface area contributed by atoms with Crippen molar-refractivity contribution >= 4 is 17.5 Å². The topological polar surface area (TPSA) is 98.7 Å². The average molecular weight is 395 g/mol. The van der Waals surface area contributed by atoms with Crippen molar-refractivity contribution in [2.24, 2.45) is 0 Å². The number of fused-ring (bicyclic) bond motifs is 1. The number of nitrogens with zero attached hydrogens (tertiary/aromatic N) is 8. The van der Waals surface area contributed by atoms with Gasteiger partial charge in [-0.1, -0.05) is 22.8 Å². The van der Waals surface area contributed by atoms with Crippen LogP contribution in [-0.4, -0.2) is 41.4 Å². The summed E-state index contributed by atoms with van der Waals surface area (Å²) in [5.41, 5.74) is 1.63. The molecular weight excluding hydrogens is 380 g/mol. The van der Waals surface area contributed by atoms with Crippen LogP contribution in [0.2, 0.25) is 5.02 Å². The Kier molecular flexibility index (Phi) is 4.21. The smallest absolute Gasteiger partial charge is 0.258 e. The summed E-state index contributed by atoms with van der Waals surface area (Å²) in [6, 6.07) is 7.33. The van der Waals surface area contributed by atoms with E-state index in [1.54, 1.807) is 24.5 Å². The van der Waals surface area contributed by atoms with Gasteiger partial charge in [-0.2, -0.15) is 4.98 Å². The third kappa shape index (κ3) is 3.09. The molecule has 0 aliphatic carbocycles. The van der Waals surface area contributed by atoms with E-state index < -0.39 is 0 Å². The lowest BCUT2D eigenvalue weighted by atomic mass is 10.2. The fourth-order valence-corrected chi connectivity index (χ4v) is 3.45. The third-order valence-electron chi connectivity index (χ3n) is 4.51. The Morgan fingerprint density at radius 1 is 1.07 bits per heavy atom. The lowest BCUT2D eigenvalue weighted by molar-refractivity contribution is 0.420. The number of hydrogen-bond donors (Lipinski definition) is 0. The summed E-state index contributed by atoms with van der Waals surface area (Å²) in [4.78, 5) is 14.7. The fourth-order valence-electron chi connectivity index (χ4n) is 3.26. The minimum atomic E-state index is 0.443. The SMILES string of the molecule is Clc1cccc(-c2nc(CN3CCCn4c(-c5cncnc5)nnc43)no2)c1. The molecule has 0 atom stereocenters. The van der Waals surface area contributed by atoms with Gasteiger partial charge >= 0.3 is 0 Å². The summed E-state index contributed by atoms with van der Waals surface area (Å²) in [7, 11) is 0. The van der Waals surface area contributed by atoms with Crippen molar-refractivity contribution in [1.29, 1.82) is 0 Å². The van der Waals surface area contributed by atoms with Gasteiger partial charge in [0.2, 0.25) is 5.95 Å². The van der Waals surface area contributed by atoms with Crippen LogP contribution in [0, 0.1) is 0 Å². The molecule has 0 N–H and O–H groups in total. The van der Waals surface area contributed by atoms with Gasteiger partial charge in [0.1, 0.15) is 6.33 Å². The molecule has 1 aromatic carbocycles. The first-order valence-corrected chi connectivity index (χ1v) is 9.18. The number of halogens is 1. The molecular formula is C18H15ClN8O. The summed E-state index contributed by atoms with van der Waals surface area (Å²) in [6.45, 7) is 2.15. The number of aromatic nitrogens is 7. The van der Waals surface area contributed by atoms with E-state index in [1.165, 1.54) is 6.33 Å². The number of benzene rings is 1. The van der Waals surface area contributed by atoms with E-state index >= 15 is 0 Å². The predicted octanol–water partition coefficient (Wildman–Crippen LogP) is 2.85. The Morgan fingerprint density at radius 3 is 2.82 bits per heavy atom. The van der Waals surface area contributed by atoms with Crippen molar-refractivity contribution in [2.75, 3.05) is 11.4 Å². The zero-order chi connectivity index (χ0) is 18.9. The van der Waals surface area contributed by atoms with Crippen molar-refractivity contribution in [3.8, 4) is 22.8 Å². The molecule has 10 heteroatoms. The average Bonchev–Trinajstić information content (AvgIpc) is 3.36. The van der Waals surface area contributed by atoms with Crippen LogP contribution in [0.15, 0.2) is 47.5 Å². The van der Waals surface area contributed by atoms with E-state index in [2.05, 4.69) is 39.8 Å². The molecule has 0 spiro atoms. The lowest BCUT2D eigenvalue weighted by Crippen LogP contribution is -2.32. The Morgan fingerprint density at radius 2 is 1.96 bits per heavy atom. The highest BCUT2D eigenvalue weighted by atomic mass is 35.5. The van der Waals surface area contributed by atoms with Gasteiger partial charge in [-0.15, -0.1) is 10.2 Å². The highest BCUT2D eigenvalue weighted by Crippen LogP contribution is 2.27. The zero-order valence-corrected chi connectivity index (χ0v) is 15.5. The molecule has 0 fully saturated rings. The van der Waals surface area contributed by atoms with Gasteiger partial charge in [0, 0.05) is 36.1 Å². The highest BCUT2D eigenvalue weighted by molar-refractivity contribution is 6.30. The van der Waals surface area contributed by atoms with E-state index in [0.717, 1.165) is 42.4 Å². The molecule has 1 aliphatic heterocycles. The minimum absolute atomic E-state index is 0.443. The molecule has 0 saturated heterocycles. The maximum Gasteiger partial charge on any atom is 0.258 e. The van der Waals surface area contributed by atoms with Gasteiger partial charge in [-0.25, -0.2) is 9.97 Å². The van der Waals surface area contributed by atoms with Crippen LogP contribution in [0.4, 0.5) is 5.95 Å². The molecule has 0 bridgehead atoms. The normalized spacial score (nSPS) is 13.5. The molecule has 140 valence electrons. The minimum Gasteiger partial charge on any atom is -0.334 e. The molecule has 1 aliphatic rings. The Hall–Kier alpha value is -3.33. The molecule has 0 amide bonds. The van der Waals surface area contributed by atoms with Crippen LogP contribution >= 0.6 is 11.6 Å². The van der Waals surface area contributed by atoms with Crippen LogP contribution in [0.25, 0.3) is 22.8 Å². The summed E-state index contributed by atoms with van der Waals surface area (Å²) in [5.74, 6) is 2.56. The standard InChI is InChI=1S/C18H15ClN8O/c19-14-4-1-3-12(7-14)17-22-15(25-28-17)10-26-5-2-6-27-16(23-24-18(26)27)13-8-20-11-21-9-13/h1,3-4,7-9,11H,2,5-6,10H2. The molecule has 9 nitrogen and oxygen atoms in total. The molecule has 4 aromatic rings. The van der Waals surface area contributed by atoms with E-state index in [9.17, 15) is 0 Å². The second-order valence-electron chi connectivity index (χ2n) is 6.40. The first-order chi connectivity index (χ1) is 13.8. The molecule has 28 heavy (non-hydrogen) atoms. The van der Waals surface area contributed by atoms with E-state index in [-0.39, 0.29) is 0 Å². The van der Waals surface area contributed by atoms with Gasteiger partial charge in [-0.3, -0.25) is 4.57 Å². The van der Waals surface area contributed by atoms with Crippen LogP contribution in [0.1, 0.15) is 12.2 Å². The van der Waals surface area contributed by atoms with Crippen LogP contribution in [0.5, 0.6) is 0 Å². The van der Waals surface area contributed by atoms with Gasteiger partial charge in [-0.05, 0) is 24.6 Å². The van der Waals surface area contributed by atoms with Crippen molar-refractivity contribution in [3.63, 3.8) is 0 Å². The first kappa shape index (κ1) is 16.8. The number of hydrogen-bond acceptors (Lipinski definition) is 8. The molecule has 0 radical (unpaired) electrons. The quantitative estimate of drug-likeness (QED) is 0.521. The molecule has 5 rings (SSSR count). The molecule has 0 unspecified atom stereocenters. The van der Waals surface area contributed by atoms with Gasteiger partial charge < -0.3 is 9.42 Å². The van der Waals surface area contributed by atoms with Crippen LogP contribution in [0.3, 0.4) is 0 Å².